The minimum Gasteiger partial charge on any atom is -0.313 e. The van der Waals surface area contributed by atoms with Crippen LogP contribution in [-0.4, -0.2) is 30.7 Å². The number of nitrogens with zero attached hydrogens (tertiary/aromatic N) is 5. The first-order valence-corrected chi connectivity index (χ1v) is 8.17. The highest BCUT2D eigenvalue weighted by Crippen LogP contribution is 2.34. The molecule has 0 fully saturated rings. The number of hydrogen-bond donors (Lipinski definition) is 1. The van der Waals surface area contributed by atoms with Crippen molar-refractivity contribution in [2.24, 2.45) is 5.92 Å². The molecule has 0 aromatic carbocycles. The van der Waals surface area contributed by atoms with E-state index in [-0.39, 0.29) is 13.0 Å². The Labute approximate surface area is 138 Å². The highest BCUT2D eigenvalue weighted by atomic mass is 19.4. The van der Waals surface area contributed by atoms with E-state index in [1.165, 1.54) is 0 Å². The molecular weight excluding hydrogens is 321 g/mol. The third kappa shape index (κ3) is 3.77. The maximum Gasteiger partial charge on any atom is 0.393 e. The molecule has 0 amide bonds. The van der Waals surface area contributed by atoms with Crippen LogP contribution in [0.15, 0.2) is 12.4 Å². The lowest BCUT2D eigenvalue weighted by atomic mass is 9.99. The average molecular weight is 342 g/mol. The largest absolute Gasteiger partial charge is 0.393 e. The van der Waals surface area contributed by atoms with Crippen LogP contribution in [0.4, 0.5) is 13.2 Å². The second-order valence-electron chi connectivity index (χ2n) is 6.14. The molecule has 1 aliphatic heterocycles. The van der Waals surface area contributed by atoms with Gasteiger partial charge in [-0.15, -0.1) is 10.2 Å². The summed E-state index contributed by atoms with van der Waals surface area (Å²) in [6.07, 6.45) is 1.02. The van der Waals surface area contributed by atoms with Gasteiger partial charge in [0, 0.05) is 37.8 Å². The third-order valence-corrected chi connectivity index (χ3v) is 4.24. The highest BCUT2D eigenvalue weighted by molar-refractivity contribution is 5.05. The van der Waals surface area contributed by atoms with Gasteiger partial charge in [0.2, 0.25) is 0 Å². The number of nitrogens with one attached hydrogen (secondary N) is 1. The van der Waals surface area contributed by atoms with Crippen LogP contribution < -0.4 is 5.32 Å². The van der Waals surface area contributed by atoms with E-state index in [0.717, 1.165) is 18.5 Å². The molecule has 132 valence electrons. The van der Waals surface area contributed by atoms with Crippen LogP contribution in [0.5, 0.6) is 0 Å². The molecule has 0 aliphatic carbocycles. The predicted octanol–water partition coefficient (Wildman–Crippen LogP) is 2.30. The van der Waals surface area contributed by atoms with Gasteiger partial charge in [-0.1, -0.05) is 6.92 Å². The van der Waals surface area contributed by atoms with Crippen molar-refractivity contribution < 1.29 is 13.2 Å². The molecule has 3 rings (SSSR count). The minimum atomic E-state index is -4.17. The van der Waals surface area contributed by atoms with Gasteiger partial charge in [0.25, 0.3) is 0 Å². The molecule has 0 radical (unpaired) electrons. The molecule has 2 aromatic rings. The van der Waals surface area contributed by atoms with Gasteiger partial charge in [0.1, 0.15) is 11.6 Å². The van der Waals surface area contributed by atoms with Crippen molar-refractivity contribution in [2.45, 2.75) is 58.5 Å². The van der Waals surface area contributed by atoms with E-state index in [2.05, 4.69) is 27.5 Å². The molecule has 0 bridgehead atoms. The Morgan fingerprint density at radius 1 is 1.29 bits per heavy atom. The van der Waals surface area contributed by atoms with Crippen molar-refractivity contribution in [1.29, 1.82) is 0 Å². The SMILES string of the molecule is CCCn1cc(CNCc2nnc3n2CC(C(F)(F)F)CC3)cn1. The average Bonchev–Trinajstić information content (AvgIpc) is 3.14. The Balaban J connectivity index is 1.58. The van der Waals surface area contributed by atoms with E-state index >= 15 is 0 Å². The van der Waals surface area contributed by atoms with Gasteiger partial charge in [-0.25, -0.2) is 0 Å². The van der Waals surface area contributed by atoms with Crippen molar-refractivity contribution in [3.8, 4) is 0 Å². The van der Waals surface area contributed by atoms with Gasteiger partial charge in [0.15, 0.2) is 0 Å². The zero-order chi connectivity index (χ0) is 17.2. The summed E-state index contributed by atoms with van der Waals surface area (Å²) in [5.74, 6) is -0.116. The normalized spacial score (nSPS) is 17.9. The fourth-order valence-electron chi connectivity index (χ4n) is 2.95. The molecule has 3 heterocycles. The van der Waals surface area contributed by atoms with Gasteiger partial charge in [-0.05, 0) is 12.8 Å². The monoisotopic (exact) mass is 342 g/mol. The summed E-state index contributed by atoms with van der Waals surface area (Å²) in [6.45, 7) is 3.85. The maximum atomic E-state index is 12.9. The first-order valence-electron chi connectivity index (χ1n) is 8.17. The number of aromatic nitrogens is 5. The van der Waals surface area contributed by atoms with Crippen LogP contribution in [-0.2, 0) is 32.6 Å². The molecule has 1 aliphatic rings. The second kappa shape index (κ2) is 6.92. The van der Waals surface area contributed by atoms with Gasteiger partial charge in [-0.2, -0.15) is 18.3 Å². The smallest absolute Gasteiger partial charge is 0.313 e. The van der Waals surface area contributed by atoms with Gasteiger partial charge >= 0.3 is 6.18 Å². The van der Waals surface area contributed by atoms with Gasteiger partial charge in [0.05, 0.1) is 18.7 Å². The van der Waals surface area contributed by atoms with Gasteiger partial charge < -0.3 is 9.88 Å². The summed E-state index contributed by atoms with van der Waals surface area (Å²) in [6, 6.07) is 0. The molecule has 0 saturated carbocycles. The van der Waals surface area contributed by atoms with Crippen LogP contribution in [0, 0.1) is 5.92 Å². The van der Waals surface area contributed by atoms with E-state index in [1.807, 2.05) is 10.9 Å². The fourth-order valence-corrected chi connectivity index (χ4v) is 2.95. The van der Waals surface area contributed by atoms with Crippen LogP contribution >= 0.6 is 0 Å². The number of fused-ring (bicyclic) bond motifs is 1. The molecule has 2 aromatic heterocycles. The van der Waals surface area contributed by atoms with E-state index in [4.69, 9.17) is 0 Å². The summed E-state index contributed by atoms with van der Waals surface area (Å²) < 4.78 is 42.3. The van der Waals surface area contributed by atoms with Crippen LogP contribution in [0.1, 0.15) is 37.0 Å². The summed E-state index contributed by atoms with van der Waals surface area (Å²) in [4.78, 5) is 0. The Bertz CT molecular complexity index is 675. The fraction of sp³-hybridized carbons (Fsp3) is 0.667. The standard InChI is InChI=1S/C15H21F3N6/c1-2-5-23-9-11(7-20-23)6-19-8-14-22-21-13-4-3-12(10-24(13)14)15(16,17)18/h7,9,12,19H,2-6,8,10H2,1H3. The molecular formula is C15H21F3N6. The highest BCUT2D eigenvalue weighted by Gasteiger charge is 2.42. The van der Waals surface area contributed by atoms with Crippen molar-refractivity contribution in [3.63, 3.8) is 0 Å². The van der Waals surface area contributed by atoms with Crippen molar-refractivity contribution in [2.75, 3.05) is 0 Å². The molecule has 0 saturated heterocycles. The predicted molar refractivity (Wildman–Crippen MR) is 80.9 cm³/mol. The number of rotatable bonds is 6. The summed E-state index contributed by atoms with van der Waals surface area (Å²) in [7, 11) is 0. The first kappa shape index (κ1) is 16.9. The van der Waals surface area contributed by atoms with E-state index in [0.29, 0.717) is 31.2 Å². The zero-order valence-electron chi connectivity index (χ0n) is 13.6. The Hall–Kier alpha value is -1.90. The van der Waals surface area contributed by atoms with Crippen molar-refractivity contribution in [3.05, 3.63) is 29.6 Å². The molecule has 6 nitrogen and oxygen atoms in total. The molecule has 9 heteroatoms. The Morgan fingerprint density at radius 3 is 2.88 bits per heavy atom. The number of hydrogen-bond acceptors (Lipinski definition) is 4. The topological polar surface area (TPSA) is 60.6 Å². The number of halogens is 3. The van der Waals surface area contributed by atoms with E-state index < -0.39 is 12.1 Å². The van der Waals surface area contributed by atoms with Crippen molar-refractivity contribution in [1.82, 2.24) is 29.9 Å². The van der Waals surface area contributed by atoms with Crippen LogP contribution in [0.25, 0.3) is 0 Å². The molecule has 0 spiro atoms. The lowest BCUT2D eigenvalue weighted by Gasteiger charge is -2.26. The van der Waals surface area contributed by atoms with Gasteiger partial charge in [-0.3, -0.25) is 4.68 Å². The summed E-state index contributed by atoms with van der Waals surface area (Å²) >= 11 is 0. The van der Waals surface area contributed by atoms with Crippen molar-refractivity contribution >= 4 is 0 Å². The van der Waals surface area contributed by atoms with Crippen LogP contribution in [0.2, 0.25) is 0 Å². The molecule has 1 unspecified atom stereocenters. The second-order valence-corrected chi connectivity index (χ2v) is 6.14. The molecule has 24 heavy (non-hydrogen) atoms. The third-order valence-electron chi connectivity index (χ3n) is 4.24. The van der Waals surface area contributed by atoms with Crippen LogP contribution in [0.3, 0.4) is 0 Å². The Morgan fingerprint density at radius 2 is 2.12 bits per heavy atom. The zero-order valence-corrected chi connectivity index (χ0v) is 13.6. The first-order chi connectivity index (χ1) is 11.5. The summed E-state index contributed by atoms with van der Waals surface area (Å²) in [5, 5.41) is 15.5. The number of aryl methyl sites for hydroxylation is 2. The quantitative estimate of drug-likeness (QED) is 0.875. The minimum absolute atomic E-state index is 0.0860. The summed E-state index contributed by atoms with van der Waals surface area (Å²) in [5.41, 5.74) is 1.04. The lowest BCUT2D eigenvalue weighted by molar-refractivity contribution is -0.182. The molecule has 1 atom stereocenters. The van der Waals surface area contributed by atoms with E-state index in [9.17, 15) is 13.2 Å². The van der Waals surface area contributed by atoms with E-state index in [1.54, 1.807) is 10.8 Å². The Kier molecular flexibility index (Phi) is 4.88. The maximum absolute atomic E-state index is 12.9. The molecule has 1 N–H and O–H groups in total. The number of alkyl halides is 3. The lowest BCUT2D eigenvalue weighted by Crippen LogP contribution is -2.33.